The van der Waals surface area contributed by atoms with Crippen molar-refractivity contribution in [3.8, 4) is 0 Å². The zero-order valence-corrected chi connectivity index (χ0v) is 29.9. The van der Waals surface area contributed by atoms with Gasteiger partial charge in [-0.25, -0.2) is 18.4 Å². The number of amides is 1. The molecule has 1 aliphatic carbocycles. The predicted octanol–water partition coefficient (Wildman–Crippen LogP) is 7.88. The summed E-state index contributed by atoms with van der Waals surface area (Å²) >= 11 is 2.61. The van der Waals surface area contributed by atoms with Gasteiger partial charge in [-0.1, -0.05) is 32.9 Å². The van der Waals surface area contributed by atoms with Crippen LogP contribution < -0.4 is 5.32 Å². The highest BCUT2D eigenvalue weighted by atomic mass is 32.1. The Labute approximate surface area is 278 Å². The van der Waals surface area contributed by atoms with Crippen LogP contribution >= 0.6 is 22.7 Å². The van der Waals surface area contributed by atoms with Gasteiger partial charge < -0.3 is 23.9 Å². The Morgan fingerprint density at radius 1 is 1.02 bits per heavy atom. The number of hydrogen-bond donors (Lipinski definition) is 2. The van der Waals surface area contributed by atoms with E-state index in [9.17, 15) is 23.5 Å². The highest BCUT2D eigenvalue weighted by molar-refractivity contribution is 7.12. The number of likely N-dealkylation sites (N-methyl/N-ethyl adjacent to an activating group) is 1. The van der Waals surface area contributed by atoms with Gasteiger partial charge in [0.05, 0.1) is 22.0 Å². The number of benzene rings is 1. The molecule has 0 spiro atoms. The van der Waals surface area contributed by atoms with Crippen LogP contribution in [0.5, 0.6) is 0 Å². The standard InChI is InChI=1S/C33H44F2N2O6S2Si/c1-32(2,3)46(5,6)42-21-22-19-26(35)27(20-25(22)34)36-31(39)41-16-15-37(4)23-11-13-24(14-12-23)43-30(38)33(40,28-9-7-17-44-28)29-10-8-18-45-29/h7-10,17-20,23-24,40H,11-16,21H2,1-6H3,(H,36,39). The molecule has 8 nitrogen and oxygen atoms in total. The van der Waals surface area contributed by atoms with E-state index in [0.29, 0.717) is 29.1 Å². The van der Waals surface area contributed by atoms with Gasteiger partial charge in [-0.2, -0.15) is 0 Å². The van der Waals surface area contributed by atoms with Crippen molar-refractivity contribution < 1.29 is 37.4 Å². The lowest BCUT2D eigenvalue weighted by molar-refractivity contribution is -0.169. The van der Waals surface area contributed by atoms with Gasteiger partial charge in [0.2, 0.25) is 5.60 Å². The Kier molecular flexibility index (Phi) is 11.8. The zero-order valence-electron chi connectivity index (χ0n) is 27.2. The first-order valence-corrected chi connectivity index (χ1v) is 20.1. The van der Waals surface area contributed by atoms with E-state index in [2.05, 4.69) is 31.0 Å². The lowest BCUT2D eigenvalue weighted by Crippen LogP contribution is -2.42. The Morgan fingerprint density at radius 2 is 1.63 bits per heavy atom. The average molecular weight is 695 g/mol. The van der Waals surface area contributed by atoms with Gasteiger partial charge in [0.25, 0.3) is 0 Å². The summed E-state index contributed by atoms with van der Waals surface area (Å²) in [4.78, 5) is 28.7. The van der Waals surface area contributed by atoms with Crippen LogP contribution in [0.25, 0.3) is 0 Å². The van der Waals surface area contributed by atoms with Crippen molar-refractivity contribution in [3.63, 3.8) is 0 Å². The van der Waals surface area contributed by atoms with E-state index in [-0.39, 0.29) is 41.6 Å². The molecule has 0 bridgehead atoms. The Morgan fingerprint density at radius 3 is 2.17 bits per heavy atom. The van der Waals surface area contributed by atoms with Crippen LogP contribution in [0.1, 0.15) is 61.8 Å². The number of anilines is 1. The van der Waals surface area contributed by atoms with E-state index < -0.39 is 37.6 Å². The van der Waals surface area contributed by atoms with Crippen molar-refractivity contribution in [3.05, 3.63) is 74.1 Å². The van der Waals surface area contributed by atoms with Crippen LogP contribution in [-0.4, -0.2) is 62.7 Å². The summed E-state index contributed by atoms with van der Waals surface area (Å²) < 4.78 is 46.5. The summed E-state index contributed by atoms with van der Waals surface area (Å²) in [6.45, 7) is 10.7. The lowest BCUT2D eigenvalue weighted by Gasteiger charge is -2.36. The van der Waals surface area contributed by atoms with Crippen molar-refractivity contribution in [2.75, 3.05) is 25.5 Å². The summed E-state index contributed by atoms with van der Waals surface area (Å²) in [6.07, 6.45) is 1.59. The number of carbonyl (C=O) groups excluding carboxylic acids is 2. The van der Waals surface area contributed by atoms with Crippen LogP contribution in [0.3, 0.4) is 0 Å². The van der Waals surface area contributed by atoms with Gasteiger partial charge in [-0.15, -0.1) is 22.7 Å². The van der Waals surface area contributed by atoms with E-state index >= 15 is 0 Å². The van der Waals surface area contributed by atoms with Crippen LogP contribution in [0.15, 0.2) is 47.2 Å². The summed E-state index contributed by atoms with van der Waals surface area (Å²) in [5, 5.41) is 17.3. The molecule has 1 amide bonds. The van der Waals surface area contributed by atoms with E-state index in [1.165, 1.54) is 22.7 Å². The molecule has 252 valence electrons. The molecule has 2 aromatic heterocycles. The molecule has 13 heteroatoms. The Bertz CT molecular complexity index is 1420. The predicted molar refractivity (Wildman–Crippen MR) is 180 cm³/mol. The number of halogens is 2. The SMILES string of the molecule is CN(CCOC(=O)Nc1cc(F)c(CO[Si](C)(C)C(C)(C)C)cc1F)C1CCC(OC(=O)C(O)(c2cccs2)c2cccs2)CC1. The number of nitrogens with one attached hydrogen (secondary N) is 1. The molecule has 0 unspecified atom stereocenters. The second kappa shape index (κ2) is 15.0. The number of esters is 1. The second-order valence-electron chi connectivity index (χ2n) is 13.2. The molecular weight excluding hydrogens is 651 g/mol. The third kappa shape index (κ3) is 8.61. The number of aliphatic hydroxyl groups is 1. The zero-order chi connectivity index (χ0) is 33.7. The van der Waals surface area contributed by atoms with Gasteiger partial charge in [-0.05, 0) is 79.8 Å². The van der Waals surface area contributed by atoms with Crippen LogP contribution in [0.2, 0.25) is 18.1 Å². The number of ether oxygens (including phenoxy) is 2. The number of hydrogen-bond acceptors (Lipinski definition) is 9. The smallest absolute Gasteiger partial charge is 0.411 e. The number of nitrogens with zero attached hydrogens (tertiary/aromatic N) is 1. The fourth-order valence-corrected chi connectivity index (χ4v) is 7.68. The molecule has 0 atom stereocenters. The van der Waals surface area contributed by atoms with Gasteiger partial charge in [0, 0.05) is 24.2 Å². The molecule has 46 heavy (non-hydrogen) atoms. The van der Waals surface area contributed by atoms with Crippen LogP contribution in [-0.2, 0) is 30.9 Å². The molecule has 0 aliphatic heterocycles. The molecule has 0 saturated heterocycles. The molecular formula is C33H44F2N2O6S2Si. The first-order valence-electron chi connectivity index (χ1n) is 15.4. The summed E-state index contributed by atoms with van der Waals surface area (Å²) in [6, 6.07) is 9.23. The highest BCUT2D eigenvalue weighted by Crippen LogP contribution is 2.39. The van der Waals surface area contributed by atoms with Crippen molar-refractivity contribution in [1.82, 2.24) is 4.90 Å². The maximum atomic E-state index is 14.7. The Hall–Kier alpha value is -2.68. The summed E-state index contributed by atoms with van der Waals surface area (Å²) in [7, 11) is -0.231. The molecule has 4 rings (SSSR count). The van der Waals surface area contributed by atoms with E-state index in [1.54, 1.807) is 24.3 Å². The average Bonchev–Trinajstić information content (AvgIpc) is 3.73. The Balaban J connectivity index is 1.21. The van der Waals surface area contributed by atoms with Crippen molar-refractivity contribution in [2.45, 2.75) is 88.9 Å². The maximum absolute atomic E-state index is 14.7. The quantitative estimate of drug-likeness (QED) is 0.147. The number of rotatable bonds is 12. The molecule has 1 aromatic carbocycles. The van der Waals surface area contributed by atoms with E-state index in [1.807, 2.05) is 30.9 Å². The third-order valence-corrected chi connectivity index (χ3v) is 15.5. The molecule has 1 aliphatic rings. The minimum absolute atomic E-state index is 0.0484. The monoisotopic (exact) mass is 694 g/mol. The van der Waals surface area contributed by atoms with Crippen molar-refractivity contribution in [2.24, 2.45) is 0 Å². The lowest BCUT2D eigenvalue weighted by atomic mass is 9.91. The normalized spacial score (nSPS) is 17.6. The third-order valence-electron chi connectivity index (χ3n) is 9.04. The van der Waals surface area contributed by atoms with Gasteiger partial charge >= 0.3 is 12.1 Å². The van der Waals surface area contributed by atoms with Gasteiger partial charge in [-0.3, -0.25) is 5.32 Å². The molecule has 2 heterocycles. The minimum Gasteiger partial charge on any atom is -0.460 e. The maximum Gasteiger partial charge on any atom is 0.411 e. The molecule has 2 N–H and O–H groups in total. The largest absolute Gasteiger partial charge is 0.460 e. The van der Waals surface area contributed by atoms with Crippen molar-refractivity contribution in [1.29, 1.82) is 0 Å². The highest BCUT2D eigenvalue weighted by Gasteiger charge is 2.45. The summed E-state index contributed by atoms with van der Waals surface area (Å²) in [5.41, 5.74) is -2.04. The summed E-state index contributed by atoms with van der Waals surface area (Å²) in [5.74, 6) is -2.11. The number of carbonyl (C=O) groups is 2. The topological polar surface area (TPSA) is 97.3 Å². The molecule has 0 radical (unpaired) electrons. The van der Waals surface area contributed by atoms with Crippen LogP contribution in [0.4, 0.5) is 19.3 Å². The molecule has 1 fully saturated rings. The van der Waals surface area contributed by atoms with Crippen molar-refractivity contribution >= 4 is 48.7 Å². The number of thiophene rings is 2. The van der Waals surface area contributed by atoms with E-state index in [0.717, 1.165) is 25.0 Å². The van der Waals surface area contributed by atoms with E-state index in [4.69, 9.17) is 13.9 Å². The van der Waals surface area contributed by atoms with Crippen LogP contribution in [0, 0.1) is 11.6 Å². The first kappa shape index (κ1) is 36.2. The fourth-order valence-electron chi connectivity index (χ4n) is 5.01. The van der Waals surface area contributed by atoms with Gasteiger partial charge in [0.15, 0.2) is 8.32 Å². The molecule has 1 saturated carbocycles. The van der Waals surface area contributed by atoms with Gasteiger partial charge in [0.1, 0.15) is 24.3 Å². The minimum atomic E-state index is -2.15. The molecule has 3 aromatic rings. The first-order chi connectivity index (χ1) is 21.6. The fraction of sp³-hybridized carbons (Fsp3) is 0.515. The second-order valence-corrected chi connectivity index (χ2v) is 19.9.